The van der Waals surface area contributed by atoms with Crippen LogP contribution in [0.25, 0.3) is 20.9 Å². The minimum atomic E-state index is -0.159. The average Bonchev–Trinajstić information content (AvgIpc) is 3.02. The Morgan fingerprint density at radius 1 is 0.739 bits per heavy atom. The van der Waals surface area contributed by atoms with E-state index in [9.17, 15) is 20.4 Å². The molecule has 0 bridgehead atoms. The standard InChI is InChI=1S/C18H16O4S/c1-2-10-7-12(9-15(21)18(10)22)17-6-5-16(23-17)11-3-4-13(19)14(20)8-11/h3-9,19-22H,2H2,1H3. The van der Waals surface area contributed by atoms with Crippen LogP contribution in [0.4, 0.5) is 0 Å². The molecule has 0 aliphatic rings. The van der Waals surface area contributed by atoms with E-state index in [0.29, 0.717) is 12.0 Å². The van der Waals surface area contributed by atoms with E-state index in [1.807, 2.05) is 25.1 Å². The number of hydrogen-bond acceptors (Lipinski definition) is 5. The molecule has 23 heavy (non-hydrogen) atoms. The maximum Gasteiger partial charge on any atom is 0.160 e. The molecule has 0 fully saturated rings. The van der Waals surface area contributed by atoms with Crippen LogP contribution in [0.3, 0.4) is 0 Å². The second-order valence-corrected chi connectivity index (χ2v) is 6.31. The molecule has 0 aliphatic heterocycles. The van der Waals surface area contributed by atoms with Gasteiger partial charge < -0.3 is 20.4 Å². The van der Waals surface area contributed by atoms with E-state index in [0.717, 1.165) is 20.9 Å². The van der Waals surface area contributed by atoms with Gasteiger partial charge in [0.15, 0.2) is 23.0 Å². The van der Waals surface area contributed by atoms with Crippen LogP contribution in [0.15, 0.2) is 42.5 Å². The Balaban J connectivity index is 2.02. The smallest absolute Gasteiger partial charge is 0.160 e. The van der Waals surface area contributed by atoms with Crippen LogP contribution in [0.1, 0.15) is 12.5 Å². The van der Waals surface area contributed by atoms with Gasteiger partial charge in [0.2, 0.25) is 0 Å². The molecular formula is C18H16O4S. The van der Waals surface area contributed by atoms with Crippen LogP contribution in [-0.4, -0.2) is 20.4 Å². The lowest BCUT2D eigenvalue weighted by atomic mass is 10.1. The van der Waals surface area contributed by atoms with Gasteiger partial charge in [0.05, 0.1) is 0 Å². The molecule has 0 amide bonds. The van der Waals surface area contributed by atoms with Gasteiger partial charge in [0.1, 0.15) is 0 Å². The molecule has 3 rings (SSSR count). The van der Waals surface area contributed by atoms with Gasteiger partial charge in [-0.3, -0.25) is 0 Å². The summed E-state index contributed by atoms with van der Waals surface area (Å²) in [6.45, 7) is 1.91. The second-order valence-electron chi connectivity index (χ2n) is 5.22. The second kappa shape index (κ2) is 5.85. The lowest BCUT2D eigenvalue weighted by Crippen LogP contribution is -1.84. The monoisotopic (exact) mass is 328 g/mol. The van der Waals surface area contributed by atoms with Gasteiger partial charge in [-0.15, -0.1) is 11.3 Å². The SMILES string of the molecule is CCc1cc(-c2ccc(-c3ccc(O)c(O)c3)s2)cc(O)c1O. The molecule has 1 aromatic heterocycles. The fraction of sp³-hybridized carbons (Fsp3) is 0.111. The van der Waals surface area contributed by atoms with Crippen molar-refractivity contribution in [2.24, 2.45) is 0 Å². The van der Waals surface area contributed by atoms with E-state index in [-0.39, 0.29) is 23.0 Å². The van der Waals surface area contributed by atoms with Crippen molar-refractivity contribution in [3.05, 3.63) is 48.0 Å². The van der Waals surface area contributed by atoms with Gasteiger partial charge in [0.25, 0.3) is 0 Å². The highest BCUT2D eigenvalue weighted by Gasteiger charge is 2.12. The minimum Gasteiger partial charge on any atom is -0.504 e. The number of phenolic OH excluding ortho intramolecular Hbond substituents is 4. The number of aromatic hydroxyl groups is 4. The Kier molecular flexibility index (Phi) is 3.88. The molecule has 118 valence electrons. The van der Waals surface area contributed by atoms with Gasteiger partial charge in [0, 0.05) is 9.75 Å². The van der Waals surface area contributed by atoms with E-state index in [1.165, 1.54) is 23.5 Å². The third kappa shape index (κ3) is 2.83. The predicted molar refractivity (Wildman–Crippen MR) is 91.2 cm³/mol. The molecule has 5 heteroatoms. The van der Waals surface area contributed by atoms with Crippen LogP contribution in [0.2, 0.25) is 0 Å². The number of benzene rings is 2. The van der Waals surface area contributed by atoms with Crippen LogP contribution in [0.5, 0.6) is 23.0 Å². The Hall–Kier alpha value is -2.66. The number of thiophene rings is 1. The van der Waals surface area contributed by atoms with Crippen molar-refractivity contribution < 1.29 is 20.4 Å². The molecule has 0 saturated heterocycles. The third-order valence-electron chi connectivity index (χ3n) is 3.70. The summed E-state index contributed by atoms with van der Waals surface area (Å²) >= 11 is 1.50. The molecule has 0 radical (unpaired) electrons. The van der Waals surface area contributed by atoms with Crippen LogP contribution in [0, 0.1) is 0 Å². The summed E-state index contributed by atoms with van der Waals surface area (Å²) in [6, 6.07) is 11.9. The molecule has 2 aromatic carbocycles. The largest absolute Gasteiger partial charge is 0.504 e. The molecule has 4 N–H and O–H groups in total. The van der Waals surface area contributed by atoms with E-state index in [2.05, 4.69) is 0 Å². The average molecular weight is 328 g/mol. The van der Waals surface area contributed by atoms with Crippen molar-refractivity contribution >= 4 is 11.3 Å². The van der Waals surface area contributed by atoms with Crippen molar-refractivity contribution in [2.45, 2.75) is 13.3 Å². The quantitative estimate of drug-likeness (QED) is 0.535. The first kappa shape index (κ1) is 15.2. The summed E-state index contributed by atoms with van der Waals surface area (Å²) in [5.74, 6) is -0.511. The highest BCUT2D eigenvalue weighted by molar-refractivity contribution is 7.18. The van der Waals surface area contributed by atoms with Gasteiger partial charge in [-0.25, -0.2) is 0 Å². The maximum atomic E-state index is 9.86. The van der Waals surface area contributed by atoms with Crippen molar-refractivity contribution in [3.63, 3.8) is 0 Å². The first-order valence-electron chi connectivity index (χ1n) is 7.17. The third-order valence-corrected chi connectivity index (χ3v) is 4.88. The zero-order chi connectivity index (χ0) is 16.6. The summed E-state index contributed by atoms with van der Waals surface area (Å²) in [7, 11) is 0. The normalized spacial score (nSPS) is 10.8. The summed E-state index contributed by atoms with van der Waals surface area (Å²) in [4.78, 5) is 1.87. The van der Waals surface area contributed by atoms with E-state index in [1.54, 1.807) is 12.1 Å². The van der Waals surface area contributed by atoms with E-state index < -0.39 is 0 Å². The topological polar surface area (TPSA) is 80.9 Å². The summed E-state index contributed by atoms with van der Waals surface area (Å²) in [5, 5.41) is 38.7. The Bertz CT molecular complexity index is 867. The molecule has 0 saturated carbocycles. The highest BCUT2D eigenvalue weighted by atomic mass is 32.1. The molecule has 0 unspecified atom stereocenters. The first-order valence-corrected chi connectivity index (χ1v) is 7.98. The zero-order valence-electron chi connectivity index (χ0n) is 12.4. The molecular weight excluding hydrogens is 312 g/mol. The minimum absolute atomic E-state index is 0.0727. The molecule has 0 aliphatic carbocycles. The highest BCUT2D eigenvalue weighted by Crippen LogP contribution is 2.40. The molecule has 0 atom stereocenters. The molecule has 3 aromatic rings. The van der Waals surface area contributed by atoms with Gasteiger partial charge in [-0.1, -0.05) is 6.92 Å². The number of hydrogen-bond donors (Lipinski definition) is 4. The van der Waals surface area contributed by atoms with Gasteiger partial charge in [-0.2, -0.15) is 0 Å². The fourth-order valence-corrected chi connectivity index (χ4v) is 3.40. The summed E-state index contributed by atoms with van der Waals surface area (Å²) in [6.07, 6.45) is 0.622. The summed E-state index contributed by atoms with van der Waals surface area (Å²) < 4.78 is 0. The van der Waals surface area contributed by atoms with Crippen LogP contribution in [-0.2, 0) is 6.42 Å². The number of aryl methyl sites for hydroxylation is 1. The maximum absolute atomic E-state index is 9.86. The first-order chi connectivity index (χ1) is 11.0. The van der Waals surface area contributed by atoms with Crippen molar-refractivity contribution in [1.82, 2.24) is 0 Å². The Morgan fingerprint density at radius 2 is 1.39 bits per heavy atom. The molecule has 4 nitrogen and oxygen atoms in total. The van der Waals surface area contributed by atoms with Crippen LogP contribution >= 0.6 is 11.3 Å². The Labute approximate surface area is 137 Å². The summed E-state index contributed by atoms with van der Waals surface area (Å²) in [5.41, 5.74) is 2.32. The van der Waals surface area contributed by atoms with E-state index >= 15 is 0 Å². The lowest BCUT2D eigenvalue weighted by Gasteiger charge is -2.07. The number of phenols is 4. The number of rotatable bonds is 3. The fourth-order valence-electron chi connectivity index (χ4n) is 2.41. The Morgan fingerprint density at radius 3 is 2.04 bits per heavy atom. The van der Waals surface area contributed by atoms with E-state index in [4.69, 9.17) is 0 Å². The predicted octanol–water partition coefficient (Wildman–Crippen LogP) is 4.47. The van der Waals surface area contributed by atoms with Gasteiger partial charge >= 0.3 is 0 Å². The molecule has 1 heterocycles. The van der Waals surface area contributed by atoms with Gasteiger partial charge in [-0.05, 0) is 65.6 Å². The zero-order valence-corrected chi connectivity index (χ0v) is 13.3. The van der Waals surface area contributed by atoms with Crippen molar-refractivity contribution in [2.75, 3.05) is 0 Å². The van der Waals surface area contributed by atoms with Crippen molar-refractivity contribution in [1.29, 1.82) is 0 Å². The molecule has 0 spiro atoms. The lowest BCUT2D eigenvalue weighted by molar-refractivity contribution is 0.400. The van der Waals surface area contributed by atoms with Crippen LogP contribution < -0.4 is 0 Å². The van der Waals surface area contributed by atoms with Crippen molar-refractivity contribution in [3.8, 4) is 43.9 Å².